The third kappa shape index (κ3) is 1.29. The van der Waals surface area contributed by atoms with Crippen LogP contribution in [0.2, 0.25) is 0 Å². The van der Waals surface area contributed by atoms with Crippen LogP contribution in [0.3, 0.4) is 0 Å². The van der Waals surface area contributed by atoms with Crippen molar-refractivity contribution in [2.75, 3.05) is 7.11 Å². The molecule has 70 valence electrons. The van der Waals surface area contributed by atoms with Gasteiger partial charge in [0.25, 0.3) is 0 Å². The van der Waals surface area contributed by atoms with Crippen LogP contribution < -0.4 is 10.5 Å². The Hall–Kier alpha value is -1.09. The van der Waals surface area contributed by atoms with Gasteiger partial charge >= 0.3 is 0 Å². The number of halogens is 1. The van der Waals surface area contributed by atoms with Crippen molar-refractivity contribution in [2.45, 2.75) is 18.9 Å². The van der Waals surface area contributed by atoms with Gasteiger partial charge in [-0.15, -0.1) is 0 Å². The number of methoxy groups -OCH3 is 1. The fraction of sp³-hybridized carbons (Fsp3) is 0.400. The molecule has 0 fully saturated rings. The van der Waals surface area contributed by atoms with Gasteiger partial charge < -0.3 is 10.5 Å². The average Bonchev–Trinajstić information content (AvgIpc) is 2.47. The van der Waals surface area contributed by atoms with E-state index < -0.39 is 0 Å². The van der Waals surface area contributed by atoms with Crippen molar-refractivity contribution >= 4 is 0 Å². The van der Waals surface area contributed by atoms with Gasteiger partial charge in [-0.05, 0) is 36.1 Å². The Morgan fingerprint density at radius 1 is 1.54 bits per heavy atom. The van der Waals surface area contributed by atoms with Crippen molar-refractivity contribution in [3.63, 3.8) is 0 Å². The van der Waals surface area contributed by atoms with Crippen molar-refractivity contribution in [2.24, 2.45) is 5.73 Å². The minimum absolute atomic E-state index is 0.00425. The molecule has 3 heteroatoms. The number of benzene rings is 1. The maximum Gasteiger partial charge on any atom is 0.165 e. The molecule has 0 saturated heterocycles. The number of rotatable bonds is 1. The van der Waals surface area contributed by atoms with Crippen LogP contribution in [0.1, 0.15) is 23.6 Å². The van der Waals surface area contributed by atoms with Crippen LogP contribution in [0.25, 0.3) is 0 Å². The summed E-state index contributed by atoms with van der Waals surface area (Å²) in [5.74, 6) is -0.00792. The van der Waals surface area contributed by atoms with Crippen LogP contribution in [-0.4, -0.2) is 7.11 Å². The number of fused-ring (bicyclic) bond motifs is 1. The number of nitrogens with two attached hydrogens (primary N) is 1. The first-order chi connectivity index (χ1) is 6.22. The molecule has 1 aliphatic carbocycles. The summed E-state index contributed by atoms with van der Waals surface area (Å²) in [6, 6.07) is 3.24. The quantitative estimate of drug-likeness (QED) is 0.716. The zero-order valence-corrected chi connectivity index (χ0v) is 7.51. The Morgan fingerprint density at radius 2 is 2.31 bits per heavy atom. The lowest BCUT2D eigenvalue weighted by Crippen LogP contribution is -2.05. The predicted octanol–water partition coefficient (Wildman–Crippen LogP) is 1.78. The Kier molecular flexibility index (Phi) is 1.96. The van der Waals surface area contributed by atoms with E-state index in [9.17, 15) is 4.39 Å². The first kappa shape index (κ1) is 8.51. The number of ether oxygens (including phenoxy) is 1. The molecule has 0 amide bonds. The predicted molar refractivity (Wildman–Crippen MR) is 48.2 cm³/mol. The highest BCUT2D eigenvalue weighted by molar-refractivity contribution is 5.41. The third-order valence-electron chi connectivity index (χ3n) is 2.54. The van der Waals surface area contributed by atoms with Gasteiger partial charge in [0.05, 0.1) is 7.11 Å². The van der Waals surface area contributed by atoms with Crippen LogP contribution in [0.5, 0.6) is 5.75 Å². The standard InChI is InChI=1S/C10H12FNO/c1-13-10-4-6-2-3-9(12)7(6)5-8(10)11/h4-5,9H,2-3,12H2,1H3/t9-/m0/s1. The first-order valence-electron chi connectivity index (χ1n) is 4.34. The maximum atomic E-state index is 13.2. The molecule has 0 radical (unpaired) electrons. The van der Waals surface area contributed by atoms with E-state index in [0.29, 0.717) is 5.75 Å². The van der Waals surface area contributed by atoms with Gasteiger partial charge in [-0.25, -0.2) is 4.39 Å². The topological polar surface area (TPSA) is 35.2 Å². The lowest BCUT2D eigenvalue weighted by atomic mass is 10.1. The number of aryl methyl sites for hydroxylation is 1. The molecule has 1 atom stereocenters. The summed E-state index contributed by atoms with van der Waals surface area (Å²) < 4.78 is 18.1. The molecule has 0 aromatic heterocycles. The highest BCUT2D eigenvalue weighted by Gasteiger charge is 2.21. The third-order valence-corrected chi connectivity index (χ3v) is 2.54. The normalized spacial score (nSPS) is 20.1. The van der Waals surface area contributed by atoms with Gasteiger partial charge in [-0.1, -0.05) is 0 Å². The fourth-order valence-electron chi connectivity index (χ4n) is 1.80. The second-order valence-electron chi connectivity index (χ2n) is 3.33. The van der Waals surface area contributed by atoms with E-state index in [1.165, 1.54) is 13.2 Å². The molecule has 0 aliphatic heterocycles. The smallest absolute Gasteiger partial charge is 0.165 e. The zero-order chi connectivity index (χ0) is 9.42. The average molecular weight is 181 g/mol. The second kappa shape index (κ2) is 3.00. The largest absolute Gasteiger partial charge is 0.494 e. The van der Waals surface area contributed by atoms with Crippen LogP contribution in [0.15, 0.2) is 12.1 Å². The summed E-state index contributed by atoms with van der Waals surface area (Å²) in [5.41, 5.74) is 7.84. The summed E-state index contributed by atoms with van der Waals surface area (Å²) >= 11 is 0. The lowest BCUT2D eigenvalue weighted by Gasteiger charge is -2.07. The molecular weight excluding hydrogens is 169 g/mol. The highest BCUT2D eigenvalue weighted by Crippen LogP contribution is 2.33. The monoisotopic (exact) mass is 181 g/mol. The van der Waals surface area contributed by atoms with E-state index in [2.05, 4.69) is 0 Å². The van der Waals surface area contributed by atoms with Crippen LogP contribution in [0.4, 0.5) is 4.39 Å². The SMILES string of the molecule is COc1cc2c(cc1F)[C@@H](N)CC2. The molecule has 0 saturated carbocycles. The Labute approximate surface area is 76.5 Å². The molecule has 0 bridgehead atoms. The van der Waals surface area contributed by atoms with E-state index in [-0.39, 0.29) is 11.9 Å². The molecule has 13 heavy (non-hydrogen) atoms. The zero-order valence-electron chi connectivity index (χ0n) is 7.51. The van der Waals surface area contributed by atoms with Gasteiger partial charge in [-0.2, -0.15) is 0 Å². The summed E-state index contributed by atoms with van der Waals surface area (Å²) in [6.45, 7) is 0. The molecule has 2 rings (SSSR count). The van der Waals surface area contributed by atoms with Crippen molar-refractivity contribution < 1.29 is 9.13 Å². The molecular formula is C10H12FNO. The van der Waals surface area contributed by atoms with Crippen LogP contribution in [-0.2, 0) is 6.42 Å². The van der Waals surface area contributed by atoms with Crippen molar-refractivity contribution in [3.05, 3.63) is 29.1 Å². The van der Waals surface area contributed by atoms with Crippen molar-refractivity contribution in [3.8, 4) is 5.75 Å². The number of hydrogen-bond donors (Lipinski definition) is 1. The van der Waals surface area contributed by atoms with Crippen molar-refractivity contribution in [1.29, 1.82) is 0 Å². The molecule has 1 aromatic carbocycles. The second-order valence-corrected chi connectivity index (χ2v) is 3.33. The fourth-order valence-corrected chi connectivity index (χ4v) is 1.80. The van der Waals surface area contributed by atoms with E-state index >= 15 is 0 Å². The van der Waals surface area contributed by atoms with Crippen LogP contribution in [0, 0.1) is 5.82 Å². The summed E-state index contributed by atoms with van der Waals surface area (Å²) in [7, 11) is 1.47. The summed E-state index contributed by atoms with van der Waals surface area (Å²) in [4.78, 5) is 0. The maximum absolute atomic E-state index is 13.2. The Balaban J connectivity index is 2.50. The molecule has 0 heterocycles. The van der Waals surface area contributed by atoms with E-state index in [1.807, 2.05) is 0 Å². The minimum Gasteiger partial charge on any atom is -0.494 e. The molecule has 0 spiro atoms. The van der Waals surface area contributed by atoms with E-state index in [1.54, 1.807) is 6.07 Å². The Morgan fingerprint density at radius 3 is 3.00 bits per heavy atom. The van der Waals surface area contributed by atoms with Gasteiger partial charge in [0.2, 0.25) is 0 Å². The Bertz CT molecular complexity index is 338. The molecule has 1 aliphatic rings. The summed E-state index contributed by atoms with van der Waals surface area (Å²) in [5, 5.41) is 0. The van der Waals surface area contributed by atoms with Gasteiger partial charge in [0.15, 0.2) is 11.6 Å². The van der Waals surface area contributed by atoms with Gasteiger partial charge in [0, 0.05) is 6.04 Å². The number of hydrogen-bond acceptors (Lipinski definition) is 2. The molecule has 2 N–H and O–H groups in total. The molecule has 2 nitrogen and oxygen atoms in total. The van der Waals surface area contributed by atoms with E-state index in [0.717, 1.165) is 24.0 Å². The van der Waals surface area contributed by atoms with Gasteiger partial charge in [0.1, 0.15) is 0 Å². The van der Waals surface area contributed by atoms with E-state index in [4.69, 9.17) is 10.5 Å². The first-order valence-corrected chi connectivity index (χ1v) is 4.34. The van der Waals surface area contributed by atoms with Gasteiger partial charge in [-0.3, -0.25) is 0 Å². The van der Waals surface area contributed by atoms with Crippen LogP contribution >= 0.6 is 0 Å². The summed E-state index contributed by atoms with van der Waals surface area (Å²) in [6.07, 6.45) is 1.83. The molecule has 0 unspecified atom stereocenters. The highest BCUT2D eigenvalue weighted by atomic mass is 19.1. The lowest BCUT2D eigenvalue weighted by molar-refractivity contribution is 0.386. The minimum atomic E-state index is -0.321. The van der Waals surface area contributed by atoms with Crippen molar-refractivity contribution in [1.82, 2.24) is 0 Å². The molecule has 1 aromatic rings.